The zero-order valence-corrected chi connectivity index (χ0v) is 12.0. The highest BCUT2D eigenvalue weighted by Gasteiger charge is 2.36. The van der Waals surface area contributed by atoms with Gasteiger partial charge in [0.1, 0.15) is 0 Å². The lowest BCUT2D eigenvalue weighted by molar-refractivity contribution is -0.137. The van der Waals surface area contributed by atoms with E-state index in [2.05, 4.69) is 10.3 Å². The van der Waals surface area contributed by atoms with Crippen LogP contribution in [0.5, 0.6) is 0 Å². The summed E-state index contributed by atoms with van der Waals surface area (Å²) in [5.41, 5.74) is 0. The minimum Gasteiger partial charge on any atom is -0.374 e. The first-order chi connectivity index (χ1) is 9.02. The number of nitrogens with one attached hydrogen (secondary N) is 1. The first-order valence-electron chi connectivity index (χ1n) is 5.98. The second-order valence-electron chi connectivity index (χ2n) is 4.09. The van der Waals surface area contributed by atoms with Gasteiger partial charge in [-0.05, 0) is 6.54 Å². The van der Waals surface area contributed by atoms with Crippen LogP contribution in [0.4, 0.5) is 13.2 Å². The maximum atomic E-state index is 12.6. The largest absolute Gasteiger partial charge is 0.443 e. The molecule has 3 nitrogen and oxygen atoms in total. The summed E-state index contributed by atoms with van der Waals surface area (Å²) in [6.45, 7) is 3.24. The molecule has 2 atom stereocenters. The van der Waals surface area contributed by atoms with Crippen molar-refractivity contribution in [3.8, 4) is 0 Å². The monoisotopic (exact) mass is 312 g/mol. The van der Waals surface area contributed by atoms with E-state index >= 15 is 0 Å². The number of halogens is 3. The molecule has 1 fully saturated rings. The Morgan fingerprint density at radius 3 is 2.89 bits per heavy atom. The average Bonchev–Trinajstić information content (AvgIpc) is 2.86. The lowest BCUT2D eigenvalue weighted by Gasteiger charge is -2.29. The molecule has 0 bridgehead atoms. The van der Waals surface area contributed by atoms with E-state index in [-0.39, 0.29) is 12.1 Å². The Balaban J connectivity index is 2.16. The third kappa shape index (κ3) is 3.84. The number of ether oxygens (including phenoxy) is 1. The van der Waals surface area contributed by atoms with Crippen LogP contribution in [0.2, 0.25) is 0 Å². The van der Waals surface area contributed by atoms with Gasteiger partial charge in [-0.3, -0.25) is 0 Å². The Kier molecular flexibility index (Phi) is 5.10. The van der Waals surface area contributed by atoms with Crippen LogP contribution in [0.15, 0.2) is 6.20 Å². The Labute approximate surface area is 117 Å². The highest BCUT2D eigenvalue weighted by Crippen LogP contribution is 2.36. The molecule has 1 aliphatic heterocycles. The maximum absolute atomic E-state index is 12.6. The smallest absolute Gasteiger partial charge is 0.374 e. The van der Waals surface area contributed by atoms with Crippen molar-refractivity contribution in [1.29, 1.82) is 0 Å². The van der Waals surface area contributed by atoms with E-state index in [4.69, 9.17) is 4.74 Å². The zero-order valence-electron chi connectivity index (χ0n) is 10.4. The lowest BCUT2D eigenvalue weighted by atomic mass is 10.1. The second kappa shape index (κ2) is 6.43. The summed E-state index contributed by atoms with van der Waals surface area (Å²) in [7, 11) is 0. The summed E-state index contributed by atoms with van der Waals surface area (Å²) in [5, 5.41) is 2.40. The van der Waals surface area contributed by atoms with Gasteiger partial charge in [0.05, 0.1) is 18.8 Å². The van der Waals surface area contributed by atoms with Crippen molar-refractivity contribution >= 4 is 23.1 Å². The summed E-state index contributed by atoms with van der Waals surface area (Å²) < 4.78 is 43.4. The summed E-state index contributed by atoms with van der Waals surface area (Å²) in [6.07, 6.45) is -3.16. The SMILES string of the molecule is CCNC(c1cnc(C(F)(F)F)s1)C1CSCCO1. The first-order valence-corrected chi connectivity index (χ1v) is 7.95. The van der Waals surface area contributed by atoms with Crippen LogP contribution in [0.25, 0.3) is 0 Å². The molecule has 0 radical (unpaired) electrons. The molecule has 108 valence electrons. The number of likely N-dealkylation sites (N-methyl/N-ethyl adjacent to an activating group) is 1. The fourth-order valence-electron chi connectivity index (χ4n) is 1.90. The Bertz CT molecular complexity index is 405. The van der Waals surface area contributed by atoms with Gasteiger partial charge in [-0.1, -0.05) is 6.92 Å². The van der Waals surface area contributed by atoms with Gasteiger partial charge >= 0.3 is 6.18 Å². The van der Waals surface area contributed by atoms with Crippen molar-refractivity contribution in [2.75, 3.05) is 24.7 Å². The summed E-state index contributed by atoms with van der Waals surface area (Å²) in [6, 6.07) is -0.216. The van der Waals surface area contributed by atoms with Gasteiger partial charge in [0.25, 0.3) is 0 Å². The lowest BCUT2D eigenvalue weighted by Crippen LogP contribution is -2.37. The molecule has 0 amide bonds. The number of nitrogens with zero attached hydrogens (tertiary/aromatic N) is 1. The quantitative estimate of drug-likeness (QED) is 0.927. The number of alkyl halides is 3. The number of hydrogen-bond donors (Lipinski definition) is 1. The molecule has 2 heterocycles. The summed E-state index contributed by atoms with van der Waals surface area (Å²) in [4.78, 5) is 4.06. The van der Waals surface area contributed by atoms with E-state index in [1.165, 1.54) is 6.20 Å². The van der Waals surface area contributed by atoms with Gasteiger partial charge in [0.15, 0.2) is 5.01 Å². The molecule has 1 N–H and O–H groups in total. The molecule has 8 heteroatoms. The second-order valence-corrected chi connectivity index (χ2v) is 6.30. The minimum atomic E-state index is -4.37. The normalized spacial score (nSPS) is 22.4. The molecule has 2 rings (SSSR count). The molecule has 2 unspecified atom stereocenters. The van der Waals surface area contributed by atoms with Gasteiger partial charge in [-0.15, -0.1) is 11.3 Å². The fourth-order valence-corrected chi connectivity index (χ4v) is 3.71. The van der Waals surface area contributed by atoms with Crippen molar-refractivity contribution in [2.24, 2.45) is 0 Å². The van der Waals surface area contributed by atoms with Crippen molar-refractivity contribution < 1.29 is 17.9 Å². The predicted molar refractivity (Wildman–Crippen MR) is 70.6 cm³/mol. The van der Waals surface area contributed by atoms with E-state index in [0.29, 0.717) is 29.4 Å². The Morgan fingerprint density at radius 1 is 1.58 bits per heavy atom. The van der Waals surface area contributed by atoms with Gasteiger partial charge in [-0.25, -0.2) is 4.98 Å². The zero-order chi connectivity index (χ0) is 13.9. The van der Waals surface area contributed by atoms with E-state index < -0.39 is 11.2 Å². The standard InChI is InChI=1S/C11H15F3N2OS2/c1-2-15-9(7-6-18-4-3-17-7)8-5-16-10(19-8)11(12,13)14/h5,7,9,15H,2-4,6H2,1H3. The van der Waals surface area contributed by atoms with Crippen LogP contribution in [-0.4, -0.2) is 35.7 Å². The number of thiazole rings is 1. The maximum Gasteiger partial charge on any atom is 0.443 e. The predicted octanol–water partition coefficient (Wildman–Crippen LogP) is 2.94. The van der Waals surface area contributed by atoms with Crippen LogP contribution in [0.3, 0.4) is 0 Å². The van der Waals surface area contributed by atoms with Crippen LogP contribution in [0.1, 0.15) is 22.9 Å². The molecule has 0 saturated carbocycles. The molecule has 0 aromatic carbocycles. The molecular weight excluding hydrogens is 297 g/mol. The fraction of sp³-hybridized carbons (Fsp3) is 0.727. The van der Waals surface area contributed by atoms with Crippen LogP contribution >= 0.6 is 23.1 Å². The van der Waals surface area contributed by atoms with Crippen molar-refractivity contribution in [3.63, 3.8) is 0 Å². The van der Waals surface area contributed by atoms with Gasteiger partial charge in [0.2, 0.25) is 0 Å². The van der Waals surface area contributed by atoms with Gasteiger partial charge < -0.3 is 10.1 Å². The molecule has 1 aliphatic rings. The number of thioether (sulfide) groups is 1. The number of aromatic nitrogens is 1. The van der Waals surface area contributed by atoms with Crippen LogP contribution in [0, 0.1) is 0 Å². The summed E-state index contributed by atoms with van der Waals surface area (Å²) >= 11 is 2.45. The molecular formula is C11H15F3N2OS2. The Hall–Kier alpha value is -0.310. The van der Waals surface area contributed by atoms with Crippen molar-refractivity contribution in [1.82, 2.24) is 10.3 Å². The number of rotatable bonds is 4. The van der Waals surface area contributed by atoms with Crippen LogP contribution in [-0.2, 0) is 10.9 Å². The topological polar surface area (TPSA) is 34.2 Å². The van der Waals surface area contributed by atoms with E-state index in [9.17, 15) is 13.2 Å². The molecule has 0 aliphatic carbocycles. The highest BCUT2D eigenvalue weighted by molar-refractivity contribution is 7.99. The van der Waals surface area contributed by atoms with E-state index in [0.717, 1.165) is 11.5 Å². The molecule has 1 aromatic rings. The Morgan fingerprint density at radius 2 is 2.37 bits per heavy atom. The third-order valence-corrected chi connectivity index (χ3v) is 4.85. The molecule has 0 spiro atoms. The van der Waals surface area contributed by atoms with Crippen LogP contribution < -0.4 is 5.32 Å². The minimum absolute atomic E-state index is 0.0970. The molecule has 1 saturated heterocycles. The molecule has 19 heavy (non-hydrogen) atoms. The highest BCUT2D eigenvalue weighted by atomic mass is 32.2. The van der Waals surface area contributed by atoms with E-state index in [1.54, 1.807) is 11.8 Å². The van der Waals surface area contributed by atoms with Gasteiger partial charge in [-0.2, -0.15) is 24.9 Å². The van der Waals surface area contributed by atoms with Gasteiger partial charge in [0, 0.05) is 22.6 Å². The van der Waals surface area contributed by atoms with Crippen molar-refractivity contribution in [2.45, 2.75) is 25.2 Å². The first kappa shape index (κ1) is 15.1. The van der Waals surface area contributed by atoms with E-state index in [1.807, 2.05) is 6.92 Å². The molecule has 1 aromatic heterocycles. The summed E-state index contributed by atoms with van der Waals surface area (Å²) in [5.74, 6) is 1.72. The average molecular weight is 312 g/mol. The van der Waals surface area contributed by atoms with Crippen molar-refractivity contribution in [3.05, 3.63) is 16.1 Å². The third-order valence-electron chi connectivity index (χ3n) is 2.71. The number of hydrogen-bond acceptors (Lipinski definition) is 5.